The summed E-state index contributed by atoms with van der Waals surface area (Å²) >= 11 is 5.50. The summed E-state index contributed by atoms with van der Waals surface area (Å²) in [6, 6.07) is 11.2. The topological polar surface area (TPSA) is 39.1 Å². The maximum absolute atomic E-state index is 12.5. The molecule has 2 aromatic rings. The first kappa shape index (κ1) is 15.5. The molecule has 4 heteroatoms. The van der Waals surface area contributed by atoms with Crippen molar-refractivity contribution in [2.75, 3.05) is 0 Å². The second-order valence-corrected chi connectivity index (χ2v) is 5.55. The first-order chi connectivity index (χ1) is 9.95. The van der Waals surface area contributed by atoms with Crippen LogP contribution in [0.25, 0.3) is 11.3 Å². The van der Waals surface area contributed by atoms with Crippen LogP contribution in [-0.2, 0) is 0 Å². The van der Waals surface area contributed by atoms with E-state index in [1.54, 1.807) is 10.6 Å². The van der Waals surface area contributed by atoms with E-state index in [-0.39, 0.29) is 17.2 Å². The fourth-order valence-electron chi connectivity index (χ4n) is 2.28. The molecule has 1 atom stereocenters. The Balaban J connectivity index is 2.71. The SMILES string of the molecule is CCC(C)n1c(-c2ccc(C)cc2)ccc(C(=O)Cl)c1=O. The molecule has 2 rings (SSSR count). The molecule has 0 aliphatic carbocycles. The number of nitrogens with zero attached hydrogens (tertiary/aromatic N) is 1. The third-order valence-electron chi connectivity index (χ3n) is 3.71. The molecule has 0 saturated carbocycles. The van der Waals surface area contributed by atoms with E-state index in [0.717, 1.165) is 23.2 Å². The summed E-state index contributed by atoms with van der Waals surface area (Å²) < 4.78 is 1.65. The van der Waals surface area contributed by atoms with Gasteiger partial charge in [0.1, 0.15) is 0 Å². The van der Waals surface area contributed by atoms with Gasteiger partial charge in [-0.1, -0.05) is 36.8 Å². The van der Waals surface area contributed by atoms with Crippen LogP contribution in [0.1, 0.15) is 42.2 Å². The van der Waals surface area contributed by atoms with Gasteiger partial charge in [0, 0.05) is 6.04 Å². The molecule has 0 saturated heterocycles. The van der Waals surface area contributed by atoms with Crippen LogP contribution < -0.4 is 5.56 Å². The second kappa shape index (κ2) is 6.27. The average molecular weight is 304 g/mol. The molecule has 0 radical (unpaired) electrons. The van der Waals surface area contributed by atoms with Crippen LogP contribution in [0.3, 0.4) is 0 Å². The van der Waals surface area contributed by atoms with Crippen LogP contribution in [0.5, 0.6) is 0 Å². The second-order valence-electron chi connectivity index (χ2n) is 5.20. The summed E-state index contributed by atoms with van der Waals surface area (Å²) in [5.41, 5.74) is 2.60. The van der Waals surface area contributed by atoms with Gasteiger partial charge in [-0.2, -0.15) is 0 Å². The minimum atomic E-state index is -0.715. The van der Waals surface area contributed by atoms with Crippen molar-refractivity contribution >= 4 is 16.8 Å². The van der Waals surface area contributed by atoms with Gasteiger partial charge in [-0.25, -0.2) is 0 Å². The number of aryl methyl sites for hydroxylation is 1. The number of aromatic nitrogens is 1. The number of carbonyl (C=O) groups excluding carboxylic acids is 1. The molecular formula is C17H18ClNO2. The van der Waals surface area contributed by atoms with E-state index in [1.807, 2.05) is 45.0 Å². The average Bonchev–Trinajstić information content (AvgIpc) is 2.46. The lowest BCUT2D eigenvalue weighted by Gasteiger charge is -2.19. The smallest absolute Gasteiger partial charge is 0.263 e. The van der Waals surface area contributed by atoms with E-state index in [0.29, 0.717) is 0 Å². The van der Waals surface area contributed by atoms with Crippen molar-refractivity contribution < 1.29 is 4.79 Å². The van der Waals surface area contributed by atoms with E-state index in [1.165, 1.54) is 6.07 Å². The molecule has 0 amide bonds. The van der Waals surface area contributed by atoms with Crippen LogP contribution in [0, 0.1) is 6.92 Å². The summed E-state index contributed by atoms with van der Waals surface area (Å²) in [6.07, 6.45) is 0.790. The molecular weight excluding hydrogens is 286 g/mol. The normalized spacial score (nSPS) is 12.2. The molecule has 0 spiro atoms. The Hall–Kier alpha value is -1.87. The highest BCUT2D eigenvalue weighted by molar-refractivity contribution is 6.67. The first-order valence-electron chi connectivity index (χ1n) is 6.98. The van der Waals surface area contributed by atoms with Gasteiger partial charge in [0.15, 0.2) is 0 Å². The van der Waals surface area contributed by atoms with Gasteiger partial charge < -0.3 is 4.57 Å². The van der Waals surface area contributed by atoms with Gasteiger partial charge in [0.2, 0.25) is 0 Å². The van der Waals surface area contributed by atoms with Crippen molar-refractivity contribution in [3.8, 4) is 11.3 Å². The zero-order valence-electron chi connectivity index (χ0n) is 12.4. The highest BCUT2D eigenvalue weighted by atomic mass is 35.5. The van der Waals surface area contributed by atoms with E-state index < -0.39 is 5.24 Å². The molecule has 1 heterocycles. The van der Waals surface area contributed by atoms with Gasteiger partial charge in [0.25, 0.3) is 10.8 Å². The fraction of sp³-hybridized carbons (Fsp3) is 0.294. The maximum atomic E-state index is 12.5. The van der Waals surface area contributed by atoms with Crippen molar-refractivity contribution in [3.05, 3.63) is 57.9 Å². The van der Waals surface area contributed by atoms with Crippen LogP contribution in [-0.4, -0.2) is 9.81 Å². The lowest BCUT2D eigenvalue weighted by Crippen LogP contribution is -2.28. The number of benzene rings is 1. The van der Waals surface area contributed by atoms with Crippen LogP contribution in [0.2, 0.25) is 0 Å². The zero-order chi connectivity index (χ0) is 15.6. The van der Waals surface area contributed by atoms with Gasteiger partial charge in [0.05, 0.1) is 11.3 Å². The van der Waals surface area contributed by atoms with Crippen molar-refractivity contribution in [2.24, 2.45) is 0 Å². The van der Waals surface area contributed by atoms with E-state index in [2.05, 4.69) is 0 Å². The predicted octanol–water partition coefficient (Wildman–Crippen LogP) is 4.17. The third kappa shape index (κ3) is 3.08. The van der Waals surface area contributed by atoms with E-state index in [9.17, 15) is 9.59 Å². The standard InChI is InChI=1S/C17H18ClNO2/c1-4-12(3)19-15(13-7-5-11(2)6-8-13)10-9-14(16(18)20)17(19)21/h5-10,12H,4H2,1-3H3. The number of hydrogen-bond acceptors (Lipinski definition) is 2. The molecule has 1 aromatic heterocycles. The Morgan fingerprint density at radius 1 is 1.19 bits per heavy atom. The van der Waals surface area contributed by atoms with Crippen molar-refractivity contribution in [3.63, 3.8) is 0 Å². The van der Waals surface area contributed by atoms with Gasteiger partial charge >= 0.3 is 0 Å². The summed E-state index contributed by atoms with van der Waals surface area (Å²) in [7, 11) is 0. The highest BCUT2D eigenvalue weighted by Crippen LogP contribution is 2.23. The molecule has 0 bridgehead atoms. The van der Waals surface area contributed by atoms with Gasteiger partial charge in [-0.3, -0.25) is 9.59 Å². The number of halogens is 1. The minimum absolute atomic E-state index is 0.00947. The Kier molecular flexibility index (Phi) is 4.63. The maximum Gasteiger partial charge on any atom is 0.263 e. The Morgan fingerprint density at radius 3 is 2.33 bits per heavy atom. The first-order valence-corrected chi connectivity index (χ1v) is 7.36. The summed E-state index contributed by atoms with van der Waals surface area (Å²) in [4.78, 5) is 23.9. The van der Waals surface area contributed by atoms with Gasteiger partial charge in [-0.05, 0) is 49.6 Å². The Bertz CT molecular complexity index is 717. The van der Waals surface area contributed by atoms with Crippen LogP contribution in [0.15, 0.2) is 41.2 Å². The lowest BCUT2D eigenvalue weighted by molar-refractivity contribution is 0.107. The molecule has 0 N–H and O–H groups in total. The zero-order valence-corrected chi connectivity index (χ0v) is 13.1. The van der Waals surface area contributed by atoms with Crippen molar-refractivity contribution in [1.29, 1.82) is 0 Å². The quantitative estimate of drug-likeness (QED) is 0.795. The molecule has 0 fully saturated rings. The molecule has 110 valence electrons. The van der Waals surface area contributed by atoms with E-state index >= 15 is 0 Å². The highest BCUT2D eigenvalue weighted by Gasteiger charge is 2.17. The fourth-order valence-corrected chi connectivity index (χ4v) is 2.43. The molecule has 21 heavy (non-hydrogen) atoms. The number of hydrogen-bond donors (Lipinski definition) is 0. The number of carbonyl (C=O) groups is 1. The largest absolute Gasteiger partial charge is 0.305 e. The van der Waals surface area contributed by atoms with Crippen LogP contribution >= 0.6 is 11.6 Å². The Morgan fingerprint density at radius 2 is 1.81 bits per heavy atom. The lowest BCUT2D eigenvalue weighted by atomic mass is 10.1. The summed E-state index contributed by atoms with van der Waals surface area (Å²) in [5, 5.41) is -0.715. The Labute approximate surface area is 129 Å². The van der Waals surface area contributed by atoms with Crippen LogP contribution in [0.4, 0.5) is 0 Å². The molecule has 1 unspecified atom stereocenters. The number of rotatable bonds is 4. The summed E-state index contributed by atoms with van der Waals surface area (Å²) in [6.45, 7) is 5.98. The number of pyridine rings is 1. The van der Waals surface area contributed by atoms with E-state index in [4.69, 9.17) is 11.6 Å². The third-order valence-corrected chi connectivity index (χ3v) is 3.91. The van der Waals surface area contributed by atoms with Crippen molar-refractivity contribution in [2.45, 2.75) is 33.2 Å². The minimum Gasteiger partial charge on any atom is -0.305 e. The molecule has 0 aliphatic rings. The molecule has 3 nitrogen and oxygen atoms in total. The summed E-state index contributed by atoms with van der Waals surface area (Å²) in [5.74, 6) is 0. The molecule has 1 aromatic carbocycles. The monoisotopic (exact) mass is 303 g/mol. The van der Waals surface area contributed by atoms with Gasteiger partial charge in [-0.15, -0.1) is 0 Å². The van der Waals surface area contributed by atoms with Crippen molar-refractivity contribution in [1.82, 2.24) is 4.57 Å². The predicted molar refractivity (Wildman–Crippen MR) is 86.1 cm³/mol. The molecule has 0 aliphatic heterocycles.